The van der Waals surface area contributed by atoms with E-state index in [-0.39, 0.29) is 11.9 Å². The monoisotopic (exact) mass is 275 g/mol. The van der Waals surface area contributed by atoms with Gasteiger partial charge in [0, 0.05) is 26.2 Å². The number of carbonyl (C=O) groups excluding carboxylic acids is 1. The highest BCUT2D eigenvalue weighted by molar-refractivity contribution is 5.81. The van der Waals surface area contributed by atoms with Gasteiger partial charge >= 0.3 is 0 Å². The van der Waals surface area contributed by atoms with Crippen LogP contribution in [0.3, 0.4) is 0 Å². The first-order valence-electron chi connectivity index (χ1n) is 7.33. The van der Waals surface area contributed by atoms with E-state index in [1.165, 1.54) is 5.56 Å². The third-order valence-electron chi connectivity index (χ3n) is 3.85. The highest BCUT2D eigenvalue weighted by Gasteiger charge is 2.28. The zero-order valence-corrected chi connectivity index (χ0v) is 12.5. The number of benzene rings is 1. The average Bonchev–Trinajstić information content (AvgIpc) is 2.87. The van der Waals surface area contributed by atoms with Crippen LogP contribution in [0.1, 0.15) is 18.9 Å². The van der Waals surface area contributed by atoms with E-state index in [9.17, 15) is 4.79 Å². The molecule has 2 atom stereocenters. The quantitative estimate of drug-likeness (QED) is 0.881. The van der Waals surface area contributed by atoms with Crippen LogP contribution in [0.5, 0.6) is 0 Å². The smallest absolute Gasteiger partial charge is 0.239 e. The number of hydrogen-bond acceptors (Lipinski definition) is 3. The van der Waals surface area contributed by atoms with E-state index in [1.807, 2.05) is 11.0 Å². The van der Waals surface area contributed by atoms with Gasteiger partial charge in [0.15, 0.2) is 0 Å². The van der Waals surface area contributed by atoms with Crippen molar-refractivity contribution in [2.24, 2.45) is 11.7 Å². The molecular formula is C16H25N3O. The Kier molecular flexibility index (Phi) is 5.15. The van der Waals surface area contributed by atoms with Crippen molar-refractivity contribution >= 4 is 5.91 Å². The first-order chi connectivity index (χ1) is 9.56. The van der Waals surface area contributed by atoms with E-state index in [0.717, 1.165) is 32.6 Å². The molecule has 1 aromatic rings. The molecule has 110 valence electrons. The van der Waals surface area contributed by atoms with Crippen LogP contribution in [0.4, 0.5) is 0 Å². The molecule has 1 fully saturated rings. The van der Waals surface area contributed by atoms with E-state index in [1.54, 1.807) is 6.92 Å². The van der Waals surface area contributed by atoms with Crippen molar-refractivity contribution in [2.45, 2.75) is 25.9 Å². The van der Waals surface area contributed by atoms with Crippen LogP contribution in [0, 0.1) is 5.92 Å². The summed E-state index contributed by atoms with van der Waals surface area (Å²) in [6, 6.07) is 10.1. The molecule has 20 heavy (non-hydrogen) atoms. The zero-order valence-electron chi connectivity index (χ0n) is 12.5. The lowest BCUT2D eigenvalue weighted by Crippen LogP contribution is -2.41. The Hall–Kier alpha value is -1.39. The highest BCUT2D eigenvalue weighted by atomic mass is 16.2. The lowest BCUT2D eigenvalue weighted by molar-refractivity contribution is -0.131. The molecular weight excluding hydrogens is 250 g/mol. The molecule has 0 spiro atoms. The van der Waals surface area contributed by atoms with Gasteiger partial charge in [0.1, 0.15) is 0 Å². The van der Waals surface area contributed by atoms with Crippen molar-refractivity contribution in [2.75, 3.05) is 26.7 Å². The maximum Gasteiger partial charge on any atom is 0.239 e. The van der Waals surface area contributed by atoms with Gasteiger partial charge in [0.05, 0.1) is 6.04 Å². The van der Waals surface area contributed by atoms with Crippen LogP contribution in [0.15, 0.2) is 30.3 Å². The topological polar surface area (TPSA) is 49.6 Å². The van der Waals surface area contributed by atoms with Gasteiger partial charge in [-0.25, -0.2) is 0 Å². The summed E-state index contributed by atoms with van der Waals surface area (Å²) >= 11 is 0. The summed E-state index contributed by atoms with van der Waals surface area (Å²) in [5, 5.41) is 0. The van der Waals surface area contributed by atoms with E-state index in [0.29, 0.717) is 5.92 Å². The van der Waals surface area contributed by atoms with Gasteiger partial charge in [-0.3, -0.25) is 4.79 Å². The molecule has 1 aliphatic heterocycles. The molecule has 1 amide bonds. The van der Waals surface area contributed by atoms with Crippen molar-refractivity contribution in [1.82, 2.24) is 9.80 Å². The zero-order chi connectivity index (χ0) is 14.5. The Labute approximate surface area is 121 Å². The number of nitrogens with two attached hydrogens (primary N) is 1. The second kappa shape index (κ2) is 6.86. The summed E-state index contributed by atoms with van der Waals surface area (Å²) in [7, 11) is 2.14. The molecule has 4 heteroatoms. The van der Waals surface area contributed by atoms with Gasteiger partial charge in [-0.05, 0) is 31.9 Å². The maximum atomic E-state index is 11.9. The maximum absolute atomic E-state index is 11.9. The predicted octanol–water partition coefficient (Wildman–Crippen LogP) is 1.31. The third-order valence-corrected chi connectivity index (χ3v) is 3.85. The standard InChI is InChI=1S/C16H25N3O/c1-13(17)16(20)19-9-8-15(12-19)11-18(2)10-14-6-4-3-5-7-14/h3-7,13,15H,8-12,17H2,1-2H3/t13-,15?/m0/s1. The molecule has 2 N–H and O–H groups in total. The third kappa shape index (κ3) is 4.05. The van der Waals surface area contributed by atoms with Gasteiger partial charge in [0.2, 0.25) is 5.91 Å². The van der Waals surface area contributed by atoms with Crippen molar-refractivity contribution < 1.29 is 4.79 Å². The minimum atomic E-state index is -0.379. The van der Waals surface area contributed by atoms with Gasteiger partial charge in [0.25, 0.3) is 0 Å². The molecule has 1 heterocycles. The number of carbonyl (C=O) groups is 1. The fraction of sp³-hybridized carbons (Fsp3) is 0.562. The fourth-order valence-corrected chi connectivity index (χ4v) is 2.87. The first-order valence-corrected chi connectivity index (χ1v) is 7.33. The van der Waals surface area contributed by atoms with Gasteiger partial charge in [-0.2, -0.15) is 0 Å². The summed E-state index contributed by atoms with van der Waals surface area (Å²) in [6.07, 6.45) is 1.08. The summed E-state index contributed by atoms with van der Waals surface area (Å²) < 4.78 is 0. The molecule has 1 saturated heterocycles. The second-order valence-corrected chi connectivity index (χ2v) is 5.91. The Balaban J connectivity index is 1.79. The lowest BCUT2D eigenvalue weighted by Gasteiger charge is -2.22. The van der Waals surface area contributed by atoms with Gasteiger partial charge < -0.3 is 15.5 Å². The van der Waals surface area contributed by atoms with Crippen LogP contribution in [0.2, 0.25) is 0 Å². The molecule has 2 rings (SSSR count). The molecule has 0 bridgehead atoms. The number of nitrogens with zero attached hydrogens (tertiary/aromatic N) is 2. The van der Waals surface area contributed by atoms with Crippen LogP contribution < -0.4 is 5.73 Å². The number of likely N-dealkylation sites (tertiary alicyclic amines) is 1. The van der Waals surface area contributed by atoms with Gasteiger partial charge in [-0.15, -0.1) is 0 Å². The minimum absolute atomic E-state index is 0.0817. The number of hydrogen-bond donors (Lipinski definition) is 1. The Morgan fingerprint density at radius 1 is 1.45 bits per heavy atom. The molecule has 0 aliphatic carbocycles. The molecule has 4 nitrogen and oxygen atoms in total. The van der Waals surface area contributed by atoms with Crippen molar-refractivity contribution in [1.29, 1.82) is 0 Å². The largest absolute Gasteiger partial charge is 0.341 e. The van der Waals surface area contributed by atoms with Crippen molar-refractivity contribution in [3.63, 3.8) is 0 Å². The Morgan fingerprint density at radius 3 is 2.80 bits per heavy atom. The normalized spacial score (nSPS) is 20.4. The molecule has 0 saturated carbocycles. The molecule has 1 aliphatic rings. The second-order valence-electron chi connectivity index (χ2n) is 5.91. The molecule has 1 unspecified atom stereocenters. The van der Waals surface area contributed by atoms with Crippen molar-refractivity contribution in [3.8, 4) is 0 Å². The highest BCUT2D eigenvalue weighted by Crippen LogP contribution is 2.18. The average molecular weight is 275 g/mol. The van der Waals surface area contributed by atoms with Crippen LogP contribution in [-0.4, -0.2) is 48.4 Å². The minimum Gasteiger partial charge on any atom is -0.341 e. The number of rotatable bonds is 5. The lowest BCUT2D eigenvalue weighted by atomic mass is 10.1. The summed E-state index contributed by atoms with van der Waals surface area (Å²) in [4.78, 5) is 16.1. The summed E-state index contributed by atoms with van der Waals surface area (Å²) in [5.74, 6) is 0.643. The molecule has 0 radical (unpaired) electrons. The molecule has 0 aromatic heterocycles. The van der Waals surface area contributed by atoms with E-state index in [2.05, 4.69) is 36.2 Å². The molecule has 1 aromatic carbocycles. The Bertz CT molecular complexity index is 433. The Morgan fingerprint density at radius 2 is 2.15 bits per heavy atom. The van der Waals surface area contributed by atoms with E-state index >= 15 is 0 Å². The van der Waals surface area contributed by atoms with E-state index in [4.69, 9.17) is 5.73 Å². The SMILES string of the molecule is C[C@H](N)C(=O)N1CCC(CN(C)Cc2ccccc2)C1. The first kappa shape index (κ1) is 15.0. The number of amides is 1. The summed E-state index contributed by atoms with van der Waals surface area (Å²) in [6.45, 7) is 5.44. The predicted molar refractivity (Wildman–Crippen MR) is 81.1 cm³/mol. The summed E-state index contributed by atoms with van der Waals surface area (Å²) in [5.41, 5.74) is 6.99. The fourth-order valence-electron chi connectivity index (χ4n) is 2.87. The van der Waals surface area contributed by atoms with Crippen LogP contribution >= 0.6 is 0 Å². The van der Waals surface area contributed by atoms with Crippen LogP contribution in [0.25, 0.3) is 0 Å². The van der Waals surface area contributed by atoms with Crippen molar-refractivity contribution in [3.05, 3.63) is 35.9 Å². The van der Waals surface area contributed by atoms with Gasteiger partial charge in [-0.1, -0.05) is 30.3 Å². The van der Waals surface area contributed by atoms with Crippen LogP contribution in [-0.2, 0) is 11.3 Å². The van der Waals surface area contributed by atoms with E-state index < -0.39 is 0 Å².